The molecule has 0 aromatic heterocycles. The lowest BCUT2D eigenvalue weighted by atomic mass is 10.3. The molecule has 1 aliphatic rings. The Morgan fingerprint density at radius 3 is 3.11 bits per heavy atom. The maximum atomic E-state index is 3.50. The van der Waals surface area contributed by atoms with Crippen LogP contribution in [0, 0.1) is 0 Å². The zero-order chi connectivity index (χ0) is 6.69. The zero-order valence-electron chi connectivity index (χ0n) is 5.72. The number of hydrogen-bond donors (Lipinski definition) is 1. The van der Waals surface area contributed by atoms with E-state index < -0.39 is 0 Å². The van der Waals surface area contributed by atoms with Crippen molar-refractivity contribution in [2.75, 3.05) is 6.54 Å². The minimum absolute atomic E-state index is 0.597. The van der Waals surface area contributed by atoms with Crippen molar-refractivity contribution in [3.05, 3.63) is 18.5 Å². The van der Waals surface area contributed by atoms with Gasteiger partial charge in [0, 0.05) is 12.6 Å². The first-order valence-corrected chi connectivity index (χ1v) is 3.22. The fraction of sp³-hybridized carbons (Fsp3) is 0.571. The van der Waals surface area contributed by atoms with Crippen molar-refractivity contribution in [2.24, 2.45) is 0 Å². The number of nitrogens with one attached hydrogen (secondary N) is 1. The Kier molecular flexibility index (Phi) is 1.93. The maximum Gasteiger partial charge on any atom is 0.0573 e. The van der Waals surface area contributed by atoms with Gasteiger partial charge in [0.25, 0.3) is 0 Å². The van der Waals surface area contributed by atoms with Crippen molar-refractivity contribution < 1.29 is 0 Å². The summed E-state index contributed by atoms with van der Waals surface area (Å²) < 4.78 is 0. The van der Waals surface area contributed by atoms with Gasteiger partial charge in [-0.05, 0) is 13.3 Å². The summed E-state index contributed by atoms with van der Waals surface area (Å²) in [5, 5.41) is 2.03. The smallest absolute Gasteiger partial charge is 0.0573 e. The first-order chi connectivity index (χ1) is 4.34. The van der Waals surface area contributed by atoms with Crippen LogP contribution < -0.4 is 5.43 Å². The molecule has 1 fully saturated rings. The van der Waals surface area contributed by atoms with Crippen LogP contribution in [0.2, 0.25) is 0 Å². The van der Waals surface area contributed by atoms with E-state index in [1.165, 1.54) is 6.42 Å². The van der Waals surface area contributed by atoms with Gasteiger partial charge in [-0.15, -0.1) is 5.73 Å². The van der Waals surface area contributed by atoms with Gasteiger partial charge in [0.2, 0.25) is 0 Å². The van der Waals surface area contributed by atoms with Gasteiger partial charge in [-0.2, -0.15) is 0 Å². The molecule has 1 atom stereocenters. The molecule has 0 saturated carbocycles. The molecule has 1 aliphatic heterocycles. The van der Waals surface area contributed by atoms with Crippen LogP contribution in [0.4, 0.5) is 0 Å². The highest BCUT2D eigenvalue weighted by Gasteiger charge is 2.14. The lowest BCUT2D eigenvalue weighted by molar-refractivity contribution is 0.290. The van der Waals surface area contributed by atoms with E-state index in [1.54, 1.807) is 0 Å². The lowest BCUT2D eigenvalue weighted by Gasteiger charge is -2.16. The number of nitrogens with zero attached hydrogens (tertiary/aromatic N) is 1. The Labute approximate surface area is 55.8 Å². The fourth-order valence-electron chi connectivity index (χ4n) is 0.969. The van der Waals surface area contributed by atoms with Crippen LogP contribution in [0.25, 0.3) is 0 Å². The van der Waals surface area contributed by atoms with Gasteiger partial charge < -0.3 is 5.01 Å². The van der Waals surface area contributed by atoms with E-state index >= 15 is 0 Å². The summed E-state index contributed by atoms with van der Waals surface area (Å²) >= 11 is 0. The molecule has 0 aromatic rings. The van der Waals surface area contributed by atoms with Gasteiger partial charge in [-0.1, -0.05) is 6.58 Å². The second kappa shape index (κ2) is 2.72. The maximum absolute atomic E-state index is 3.50. The Morgan fingerprint density at radius 2 is 2.67 bits per heavy atom. The van der Waals surface area contributed by atoms with E-state index in [0.717, 1.165) is 6.54 Å². The molecule has 9 heavy (non-hydrogen) atoms. The van der Waals surface area contributed by atoms with Crippen LogP contribution in [0.15, 0.2) is 18.5 Å². The van der Waals surface area contributed by atoms with Gasteiger partial charge in [-0.25, -0.2) is 5.43 Å². The van der Waals surface area contributed by atoms with E-state index in [1.807, 2.05) is 11.2 Å². The third-order valence-electron chi connectivity index (χ3n) is 1.56. The molecular weight excluding hydrogens is 112 g/mol. The van der Waals surface area contributed by atoms with Gasteiger partial charge in [0.05, 0.1) is 6.20 Å². The molecule has 1 heterocycles. The molecule has 0 bridgehead atoms. The number of rotatable bonds is 1. The van der Waals surface area contributed by atoms with Crippen molar-refractivity contribution in [1.82, 2.24) is 10.4 Å². The molecular formula is C7H12N2. The predicted octanol–water partition coefficient (Wildman–Crippen LogP) is 0.884. The summed E-state index contributed by atoms with van der Waals surface area (Å²) in [4.78, 5) is 0. The molecule has 0 amide bonds. The highest BCUT2D eigenvalue weighted by molar-refractivity contribution is 4.83. The molecule has 0 spiro atoms. The van der Waals surface area contributed by atoms with Crippen LogP contribution in [-0.2, 0) is 0 Å². The molecule has 0 aliphatic carbocycles. The molecule has 2 heteroatoms. The summed E-state index contributed by atoms with van der Waals surface area (Å²) in [5.41, 5.74) is 5.91. The largest absolute Gasteiger partial charge is 0.305 e. The third-order valence-corrected chi connectivity index (χ3v) is 1.56. The van der Waals surface area contributed by atoms with Crippen molar-refractivity contribution in [2.45, 2.75) is 19.4 Å². The minimum Gasteiger partial charge on any atom is -0.305 e. The normalized spacial score (nSPS) is 25.9. The van der Waals surface area contributed by atoms with Crippen LogP contribution in [0.1, 0.15) is 13.3 Å². The highest BCUT2D eigenvalue weighted by atomic mass is 15.5. The zero-order valence-corrected chi connectivity index (χ0v) is 5.72. The quantitative estimate of drug-likeness (QED) is 0.522. The Bertz CT molecular complexity index is 136. The van der Waals surface area contributed by atoms with Crippen molar-refractivity contribution in [3.63, 3.8) is 0 Å². The summed E-state index contributed by atoms with van der Waals surface area (Å²) in [6.45, 7) is 6.74. The second-order valence-corrected chi connectivity index (χ2v) is 2.29. The highest BCUT2D eigenvalue weighted by Crippen LogP contribution is 2.06. The monoisotopic (exact) mass is 124 g/mol. The number of hydrazine groups is 1. The van der Waals surface area contributed by atoms with E-state index in [4.69, 9.17) is 0 Å². The van der Waals surface area contributed by atoms with E-state index in [9.17, 15) is 0 Å². The first kappa shape index (κ1) is 6.40. The topological polar surface area (TPSA) is 15.3 Å². The molecule has 1 rings (SSSR count). The first-order valence-electron chi connectivity index (χ1n) is 3.22. The van der Waals surface area contributed by atoms with E-state index in [-0.39, 0.29) is 0 Å². The van der Waals surface area contributed by atoms with Gasteiger partial charge in [0.1, 0.15) is 0 Å². The molecule has 1 saturated heterocycles. The van der Waals surface area contributed by atoms with Crippen LogP contribution in [-0.4, -0.2) is 17.6 Å². The Morgan fingerprint density at radius 1 is 1.89 bits per heavy atom. The third kappa shape index (κ3) is 1.35. The average Bonchev–Trinajstić information content (AvgIpc) is 2.18. The summed E-state index contributed by atoms with van der Waals surface area (Å²) in [6.07, 6.45) is 3.05. The standard InChI is InChI=1S/C7H12N2/c1-3-6-9-7(2)4-5-8-9/h6-8H,1,4-5H2,2H3. The predicted molar refractivity (Wildman–Crippen MR) is 37.6 cm³/mol. The van der Waals surface area contributed by atoms with Gasteiger partial charge in [-0.3, -0.25) is 0 Å². The summed E-state index contributed by atoms with van der Waals surface area (Å²) in [5.74, 6) is 0. The summed E-state index contributed by atoms with van der Waals surface area (Å²) in [7, 11) is 0. The molecule has 0 aromatic carbocycles. The van der Waals surface area contributed by atoms with Crippen LogP contribution in [0.5, 0.6) is 0 Å². The van der Waals surface area contributed by atoms with Crippen molar-refractivity contribution in [3.8, 4) is 0 Å². The van der Waals surface area contributed by atoms with E-state index in [0.29, 0.717) is 6.04 Å². The fourth-order valence-corrected chi connectivity index (χ4v) is 0.969. The molecule has 50 valence electrons. The Balaban J connectivity index is 2.49. The molecule has 1 N–H and O–H groups in total. The average molecular weight is 124 g/mol. The molecule has 1 unspecified atom stereocenters. The molecule has 2 nitrogen and oxygen atoms in total. The SMILES string of the molecule is C=C=CN1NCCC1C. The van der Waals surface area contributed by atoms with Crippen LogP contribution >= 0.6 is 0 Å². The second-order valence-electron chi connectivity index (χ2n) is 2.29. The molecule has 0 radical (unpaired) electrons. The van der Waals surface area contributed by atoms with Gasteiger partial charge in [0.15, 0.2) is 0 Å². The lowest BCUT2D eigenvalue weighted by Crippen LogP contribution is -2.29. The minimum atomic E-state index is 0.597. The Hall–Kier alpha value is -0.720. The van der Waals surface area contributed by atoms with Gasteiger partial charge >= 0.3 is 0 Å². The number of hydrogen-bond acceptors (Lipinski definition) is 2. The van der Waals surface area contributed by atoms with E-state index in [2.05, 4.69) is 24.7 Å². The van der Waals surface area contributed by atoms with Crippen molar-refractivity contribution in [1.29, 1.82) is 0 Å². The van der Waals surface area contributed by atoms with Crippen LogP contribution in [0.3, 0.4) is 0 Å². The van der Waals surface area contributed by atoms with Crippen molar-refractivity contribution >= 4 is 0 Å². The summed E-state index contributed by atoms with van der Waals surface area (Å²) in [6, 6.07) is 0.597.